The predicted molar refractivity (Wildman–Crippen MR) is 74.8 cm³/mol. The second-order valence-corrected chi connectivity index (χ2v) is 5.60. The molecule has 1 unspecified atom stereocenters. The first-order valence-corrected chi connectivity index (χ1v) is 6.70. The molecular weight excluding hydrogens is 224 g/mol. The molecule has 1 aliphatic heterocycles. The summed E-state index contributed by atoms with van der Waals surface area (Å²) in [6.45, 7) is 6.79. The van der Waals surface area contributed by atoms with Gasteiger partial charge >= 0.3 is 0 Å². The molecule has 0 bridgehead atoms. The van der Waals surface area contributed by atoms with Gasteiger partial charge in [0.05, 0.1) is 7.11 Å². The standard InChI is InChI=1S/C15H24N2O/c1-15(2,17-9-4-5-10-17)14(16)12-7-6-8-13(11-12)18-3/h6-8,11,14H,4-5,9-10,16H2,1-3H3. The van der Waals surface area contributed by atoms with Gasteiger partial charge in [0.2, 0.25) is 0 Å². The molecular formula is C15H24N2O. The van der Waals surface area contributed by atoms with Crippen molar-refractivity contribution in [2.24, 2.45) is 5.73 Å². The molecule has 1 fully saturated rings. The topological polar surface area (TPSA) is 38.5 Å². The van der Waals surface area contributed by atoms with Gasteiger partial charge in [-0.05, 0) is 57.5 Å². The van der Waals surface area contributed by atoms with Crippen LogP contribution in [-0.4, -0.2) is 30.6 Å². The van der Waals surface area contributed by atoms with Crippen LogP contribution in [0.1, 0.15) is 38.3 Å². The first-order chi connectivity index (χ1) is 8.55. The Labute approximate surface area is 110 Å². The van der Waals surface area contributed by atoms with Crippen molar-refractivity contribution in [1.82, 2.24) is 4.90 Å². The normalized spacial score (nSPS) is 18.9. The quantitative estimate of drug-likeness (QED) is 0.890. The molecule has 18 heavy (non-hydrogen) atoms. The molecule has 1 saturated heterocycles. The van der Waals surface area contributed by atoms with Crippen LogP contribution in [-0.2, 0) is 0 Å². The number of ether oxygens (including phenoxy) is 1. The van der Waals surface area contributed by atoms with Crippen molar-refractivity contribution in [3.63, 3.8) is 0 Å². The molecule has 2 rings (SSSR count). The first-order valence-electron chi connectivity index (χ1n) is 6.70. The first kappa shape index (κ1) is 13.4. The van der Waals surface area contributed by atoms with Crippen LogP contribution in [0.3, 0.4) is 0 Å². The summed E-state index contributed by atoms with van der Waals surface area (Å²) in [6.07, 6.45) is 2.57. The molecule has 1 atom stereocenters. The summed E-state index contributed by atoms with van der Waals surface area (Å²) < 4.78 is 5.27. The van der Waals surface area contributed by atoms with Gasteiger partial charge in [-0.1, -0.05) is 12.1 Å². The summed E-state index contributed by atoms with van der Waals surface area (Å²) in [5.74, 6) is 0.875. The number of benzene rings is 1. The van der Waals surface area contributed by atoms with E-state index >= 15 is 0 Å². The highest BCUT2D eigenvalue weighted by Gasteiger charge is 2.35. The van der Waals surface area contributed by atoms with Crippen LogP contribution >= 0.6 is 0 Å². The number of methoxy groups -OCH3 is 1. The number of rotatable bonds is 4. The molecule has 0 amide bonds. The summed E-state index contributed by atoms with van der Waals surface area (Å²) in [5.41, 5.74) is 7.61. The van der Waals surface area contributed by atoms with E-state index in [1.807, 2.05) is 18.2 Å². The predicted octanol–water partition coefficient (Wildman–Crippen LogP) is 2.57. The molecule has 2 N–H and O–H groups in total. The maximum atomic E-state index is 6.48. The van der Waals surface area contributed by atoms with Crippen LogP contribution < -0.4 is 10.5 Å². The van der Waals surface area contributed by atoms with Crippen LogP contribution in [0.15, 0.2) is 24.3 Å². The average Bonchev–Trinajstić information content (AvgIpc) is 2.92. The van der Waals surface area contributed by atoms with Crippen molar-refractivity contribution in [2.75, 3.05) is 20.2 Å². The summed E-state index contributed by atoms with van der Waals surface area (Å²) >= 11 is 0. The third-order valence-corrected chi connectivity index (χ3v) is 4.14. The molecule has 1 aromatic carbocycles. The van der Waals surface area contributed by atoms with Crippen molar-refractivity contribution in [3.05, 3.63) is 29.8 Å². The van der Waals surface area contributed by atoms with Crippen molar-refractivity contribution in [2.45, 2.75) is 38.3 Å². The van der Waals surface area contributed by atoms with E-state index in [0.29, 0.717) is 0 Å². The minimum atomic E-state index is -0.0110. The van der Waals surface area contributed by atoms with Gasteiger partial charge in [0.25, 0.3) is 0 Å². The number of nitrogens with two attached hydrogens (primary N) is 1. The monoisotopic (exact) mass is 248 g/mol. The lowest BCUT2D eigenvalue weighted by Crippen LogP contribution is -2.49. The summed E-state index contributed by atoms with van der Waals surface area (Å²) in [6, 6.07) is 8.10. The molecule has 3 nitrogen and oxygen atoms in total. The molecule has 100 valence electrons. The lowest BCUT2D eigenvalue weighted by molar-refractivity contribution is 0.124. The van der Waals surface area contributed by atoms with Crippen molar-refractivity contribution in [3.8, 4) is 5.75 Å². The molecule has 0 spiro atoms. The number of likely N-dealkylation sites (tertiary alicyclic amines) is 1. The Bertz CT molecular complexity index is 397. The highest BCUT2D eigenvalue weighted by atomic mass is 16.5. The Morgan fingerprint density at radius 1 is 1.28 bits per heavy atom. The van der Waals surface area contributed by atoms with Gasteiger partial charge in [-0.15, -0.1) is 0 Å². The molecule has 0 aromatic heterocycles. The Morgan fingerprint density at radius 2 is 1.94 bits per heavy atom. The number of hydrogen-bond donors (Lipinski definition) is 1. The molecule has 0 radical (unpaired) electrons. The van der Waals surface area contributed by atoms with Gasteiger partial charge in [-0.3, -0.25) is 4.90 Å². The van der Waals surface area contributed by atoms with Crippen molar-refractivity contribution in [1.29, 1.82) is 0 Å². The number of nitrogens with zero attached hydrogens (tertiary/aromatic N) is 1. The van der Waals surface area contributed by atoms with Gasteiger partial charge < -0.3 is 10.5 Å². The zero-order valence-electron chi connectivity index (χ0n) is 11.6. The smallest absolute Gasteiger partial charge is 0.119 e. The molecule has 0 aliphatic carbocycles. The van der Waals surface area contributed by atoms with Gasteiger partial charge in [0, 0.05) is 11.6 Å². The lowest BCUT2D eigenvalue weighted by Gasteiger charge is -2.40. The maximum absolute atomic E-state index is 6.48. The highest BCUT2D eigenvalue weighted by molar-refractivity contribution is 5.32. The van der Waals surface area contributed by atoms with Gasteiger partial charge in [-0.25, -0.2) is 0 Å². The van der Waals surface area contributed by atoms with Crippen LogP contribution in [0.4, 0.5) is 0 Å². The van der Waals surface area contributed by atoms with E-state index in [9.17, 15) is 0 Å². The highest BCUT2D eigenvalue weighted by Crippen LogP contribution is 2.32. The molecule has 1 heterocycles. The summed E-state index contributed by atoms with van der Waals surface area (Å²) in [5, 5.41) is 0. The Morgan fingerprint density at radius 3 is 2.56 bits per heavy atom. The van der Waals surface area contributed by atoms with E-state index in [4.69, 9.17) is 10.5 Å². The molecule has 0 saturated carbocycles. The summed E-state index contributed by atoms with van der Waals surface area (Å²) in [7, 11) is 1.69. The van der Waals surface area contributed by atoms with E-state index in [-0.39, 0.29) is 11.6 Å². The van der Waals surface area contributed by atoms with E-state index in [2.05, 4.69) is 24.8 Å². The van der Waals surface area contributed by atoms with E-state index in [1.165, 1.54) is 12.8 Å². The Kier molecular flexibility index (Phi) is 3.93. The number of hydrogen-bond acceptors (Lipinski definition) is 3. The minimum Gasteiger partial charge on any atom is -0.497 e. The van der Waals surface area contributed by atoms with Crippen LogP contribution in [0.5, 0.6) is 5.75 Å². The zero-order chi connectivity index (χ0) is 13.2. The second kappa shape index (κ2) is 5.29. The fraction of sp³-hybridized carbons (Fsp3) is 0.600. The maximum Gasteiger partial charge on any atom is 0.119 e. The van der Waals surface area contributed by atoms with Crippen LogP contribution in [0.2, 0.25) is 0 Å². The average molecular weight is 248 g/mol. The third-order valence-electron chi connectivity index (χ3n) is 4.14. The fourth-order valence-electron chi connectivity index (χ4n) is 2.73. The van der Waals surface area contributed by atoms with Gasteiger partial charge in [0.15, 0.2) is 0 Å². The molecule has 1 aliphatic rings. The third kappa shape index (κ3) is 2.52. The SMILES string of the molecule is COc1cccc(C(N)C(C)(C)N2CCCC2)c1. The van der Waals surface area contributed by atoms with Gasteiger partial charge in [-0.2, -0.15) is 0 Å². The van der Waals surface area contributed by atoms with Crippen LogP contribution in [0.25, 0.3) is 0 Å². The lowest BCUT2D eigenvalue weighted by atomic mass is 9.88. The fourth-order valence-corrected chi connectivity index (χ4v) is 2.73. The second-order valence-electron chi connectivity index (χ2n) is 5.60. The largest absolute Gasteiger partial charge is 0.497 e. The van der Waals surface area contributed by atoms with E-state index in [0.717, 1.165) is 24.4 Å². The van der Waals surface area contributed by atoms with Crippen molar-refractivity contribution < 1.29 is 4.74 Å². The Balaban J connectivity index is 2.20. The minimum absolute atomic E-state index is 0.00528. The van der Waals surface area contributed by atoms with Crippen molar-refractivity contribution >= 4 is 0 Å². The van der Waals surface area contributed by atoms with E-state index < -0.39 is 0 Å². The molecule has 3 heteroatoms. The zero-order valence-corrected chi connectivity index (χ0v) is 11.6. The van der Waals surface area contributed by atoms with Gasteiger partial charge in [0.1, 0.15) is 5.75 Å². The van der Waals surface area contributed by atoms with Crippen LogP contribution in [0, 0.1) is 0 Å². The Hall–Kier alpha value is -1.06. The summed E-state index contributed by atoms with van der Waals surface area (Å²) in [4.78, 5) is 2.50. The molecule has 1 aromatic rings. The van der Waals surface area contributed by atoms with E-state index in [1.54, 1.807) is 7.11 Å².